The van der Waals surface area contributed by atoms with Crippen LogP contribution in [0.25, 0.3) is 0 Å². The van der Waals surface area contributed by atoms with Crippen LogP contribution in [0.5, 0.6) is 5.75 Å². The summed E-state index contributed by atoms with van der Waals surface area (Å²) in [4.78, 5) is 12.2. The summed E-state index contributed by atoms with van der Waals surface area (Å²) in [6.45, 7) is 4.74. The molecular formula is C17H24O3S. The van der Waals surface area contributed by atoms with Crippen molar-refractivity contribution in [3.05, 3.63) is 29.8 Å². The second kappa shape index (κ2) is 7.74. The first-order chi connectivity index (χ1) is 10.1. The van der Waals surface area contributed by atoms with Crippen molar-refractivity contribution < 1.29 is 13.7 Å². The van der Waals surface area contributed by atoms with E-state index in [-0.39, 0.29) is 16.8 Å². The number of carbonyl (C=O) groups excluding carboxylic acids is 1. The largest absolute Gasteiger partial charge is 0.494 e. The van der Waals surface area contributed by atoms with Gasteiger partial charge in [0, 0.05) is 21.6 Å². The van der Waals surface area contributed by atoms with Gasteiger partial charge in [0.05, 0.1) is 12.4 Å². The topological polar surface area (TPSA) is 43.4 Å². The van der Waals surface area contributed by atoms with Gasteiger partial charge in [-0.3, -0.25) is 9.00 Å². The molecule has 1 aromatic carbocycles. The van der Waals surface area contributed by atoms with Crippen molar-refractivity contribution >= 4 is 16.6 Å². The summed E-state index contributed by atoms with van der Waals surface area (Å²) in [6, 6.07) is 7.10. The molecule has 2 rings (SSSR count). The zero-order valence-electron chi connectivity index (χ0n) is 12.8. The van der Waals surface area contributed by atoms with Crippen LogP contribution < -0.4 is 4.74 Å². The number of hydrogen-bond donors (Lipinski definition) is 0. The lowest BCUT2D eigenvalue weighted by molar-refractivity contribution is 0.102. The Bertz CT molecular complexity index is 495. The fraction of sp³-hybridized carbons (Fsp3) is 0.588. The molecular weight excluding hydrogens is 284 g/mol. The highest BCUT2D eigenvalue weighted by atomic mass is 32.2. The van der Waals surface area contributed by atoms with Gasteiger partial charge in [0.2, 0.25) is 0 Å². The number of carbonyl (C=O) groups is 1. The first kappa shape index (κ1) is 16.2. The van der Waals surface area contributed by atoms with Crippen LogP contribution in [-0.2, 0) is 10.8 Å². The Balaban J connectivity index is 1.92. The zero-order valence-corrected chi connectivity index (χ0v) is 13.7. The van der Waals surface area contributed by atoms with Gasteiger partial charge >= 0.3 is 0 Å². The highest BCUT2D eigenvalue weighted by molar-refractivity contribution is 7.86. The smallest absolute Gasteiger partial charge is 0.175 e. The molecule has 0 heterocycles. The molecule has 0 spiro atoms. The van der Waals surface area contributed by atoms with E-state index in [0.717, 1.165) is 25.0 Å². The Morgan fingerprint density at radius 2 is 2.00 bits per heavy atom. The molecule has 0 amide bonds. The van der Waals surface area contributed by atoms with Crippen molar-refractivity contribution in [2.45, 2.75) is 44.8 Å². The summed E-state index contributed by atoms with van der Waals surface area (Å²) < 4.78 is 17.7. The third-order valence-electron chi connectivity index (χ3n) is 4.02. The van der Waals surface area contributed by atoms with E-state index in [1.807, 2.05) is 6.92 Å². The quantitative estimate of drug-likeness (QED) is 0.754. The summed E-state index contributed by atoms with van der Waals surface area (Å²) in [5, 5.41) is 0.195. The molecule has 0 radical (unpaired) electrons. The van der Waals surface area contributed by atoms with Crippen LogP contribution in [0.1, 0.15) is 49.9 Å². The summed E-state index contributed by atoms with van der Waals surface area (Å²) in [7, 11) is -1.05. The lowest BCUT2D eigenvalue weighted by atomic mass is 9.91. The van der Waals surface area contributed by atoms with Gasteiger partial charge in [0.25, 0.3) is 0 Å². The maximum atomic E-state index is 12.4. The average molecular weight is 308 g/mol. The van der Waals surface area contributed by atoms with E-state index in [9.17, 15) is 9.00 Å². The molecule has 3 nitrogen and oxygen atoms in total. The van der Waals surface area contributed by atoms with E-state index in [4.69, 9.17) is 4.74 Å². The Labute approximate surface area is 129 Å². The fourth-order valence-corrected chi connectivity index (χ4v) is 4.48. The zero-order chi connectivity index (χ0) is 15.2. The van der Waals surface area contributed by atoms with Crippen LogP contribution >= 0.6 is 0 Å². The maximum Gasteiger partial charge on any atom is 0.175 e. The van der Waals surface area contributed by atoms with Crippen LogP contribution in [0, 0.1) is 5.92 Å². The number of Topliss-reactive ketones (excluding diaryl/α,β-unsaturated/α-hetero) is 1. The second-order valence-electron chi connectivity index (χ2n) is 5.80. The number of rotatable bonds is 6. The van der Waals surface area contributed by atoms with Gasteiger partial charge in [0.15, 0.2) is 5.78 Å². The SMILES string of the molecule is CCOc1ccc(C(=O)CS(=O)C2CCCC(C)C2)cc1. The predicted molar refractivity (Wildman–Crippen MR) is 86.4 cm³/mol. The molecule has 3 atom stereocenters. The first-order valence-corrected chi connectivity index (χ1v) is 9.11. The minimum absolute atomic E-state index is 0.0328. The Morgan fingerprint density at radius 1 is 1.29 bits per heavy atom. The van der Waals surface area contributed by atoms with Crippen molar-refractivity contribution in [2.24, 2.45) is 5.92 Å². The number of benzene rings is 1. The Kier molecular flexibility index (Phi) is 5.97. The lowest BCUT2D eigenvalue weighted by Crippen LogP contribution is -2.27. The molecule has 1 aliphatic carbocycles. The van der Waals surface area contributed by atoms with Gasteiger partial charge in [-0.05, 0) is 49.9 Å². The van der Waals surface area contributed by atoms with E-state index in [0.29, 0.717) is 18.1 Å². The first-order valence-electron chi connectivity index (χ1n) is 7.73. The number of ketones is 1. The van der Waals surface area contributed by atoms with Crippen molar-refractivity contribution in [3.63, 3.8) is 0 Å². The fourth-order valence-electron chi connectivity index (χ4n) is 2.85. The Hall–Kier alpha value is -1.16. The van der Waals surface area contributed by atoms with E-state index in [1.54, 1.807) is 24.3 Å². The Morgan fingerprint density at radius 3 is 2.62 bits per heavy atom. The van der Waals surface area contributed by atoms with Crippen molar-refractivity contribution in [1.29, 1.82) is 0 Å². The molecule has 1 fully saturated rings. The summed E-state index contributed by atoms with van der Waals surface area (Å²) >= 11 is 0. The van der Waals surface area contributed by atoms with Gasteiger partial charge in [-0.1, -0.05) is 19.8 Å². The molecule has 1 aliphatic rings. The van der Waals surface area contributed by atoms with E-state index >= 15 is 0 Å². The van der Waals surface area contributed by atoms with Crippen molar-refractivity contribution in [2.75, 3.05) is 12.4 Å². The second-order valence-corrected chi connectivity index (χ2v) is 7.52. The van der Waals surface area contributed by atoms with Gasteiger partial charge in [-0.15, -0.1) is 0 Å². The van der Waals surface area contributed by atoms with Gasteiger partial charge in [-0.2, -0.15) is 0 Å². The van der Waals surface area contributed by atoms with E-state index in [2.05, 4.69) is 6.92 Å². The van der Waals surface area contributed by atoms with Crippen LogP contribution in [-0.4, -0.2) is 27.6 Å². The molecule has 3 unspecified atom stereocenters. The summed E-state index contributed by atoms with van der Waals surface area (Å²) in [5.41, 5.74) is 0.621. The van der Waals surface area contributed by atoms with Crippen LogP contribution in [0.2, 0.25) is 0 Å². The molecule has 0 bridgehead atoms. The van der Waals surface area contributed by atoms with Gasteiger partial charge in [0.1, 0.15) is 5.75 Å². The number of ether oxygens (including phenoxy) is 1. The molecule has 0 N–H and O–H groups in total. The predicted octanol–water partition coefficient (Wildman–Crippen LogP) is 3.60. The third-order valence-corrected chi connectivity index (χ3v) is 5.74. The molecule has 1 aromatic rings. The lowest BCUT2D eigenvalue weighted by Gasteiger charge is -2.25. The highest BCUT2D eigenvalue weighted by Gasteiger charge is 2.25. The normalized spacial score (nSPS) is 23.5. The summed E-state index contributed by atoms with van der Waals surface area (Å²) in [5.74, 6) is 1.50. The summed E-state index contributed by atoms with van der Waals surface area (Å²) in [6.07, 6.45) is 4.34. The van der Waals surface area contributed by atoms with Crippen LogP contribution in [0.15, 0.2) is 24.3 Å². The van der Waals surface area contributed by atoms with Gasteiger partial charge in [-0.25, -0.2) is 0 Å². The monoisotopic (exact) mass is 308 g/mol. The molecule has 116 valence electrons. The number of hydrogen-bond acceptors (Lipinski definition) is 3. The van der Waals surface area contributed by atoms with E-state index in [1.165, 1.54) is 6.42 Å². The maximum absolute atomic E-state index is 12.4. The molecule has 4 heteroatoms. The van der Waals surface area contributed by atoms with Crippen molar-refractivity contribution in [1.82, 2.24) is 0 Å². The van der Waals surface area contributed by atoms with Crippen LogP contribution in [0.3, 0.4) is 0 Å². The standard InChI is InChI=1S/C17H24O3S/c1-3-20-15-9-7-14(8-10-15)17(18)12-21(19)16-6-4-5-13(2)11-16/h7-10,13,16H,3-6,11-12H2,1-2H3. The molecule has 21 heavy (non-hydrogen) atoms. The molecule has 0 saturated heterocycles. The van der Waals surface area contributed by atoms with Crippen LogP contribution in [0.4, 0.5) is 0 Å². The van der Waals surface area contributed by atoms with Gasteiger partial charge < -0.3 is 4.74 Å². The van der Waals surface area contributed by atoms with Crippen molar-refractivity contribution in [3.8, 4) is 5.75 Å². The highest BCUT2D eigenvalue weighted by Crippen LogP contribution is 2.27. The average Bonchev–Trinajstić information content (AvgIpc) is 2.48. The molecule has 0 aliphatic heterocycles. The molecule has 1 saturated carbocycles. The molecule has 0 aromatic heterocycles. The van der Waals surface area contributed by atoms with E-state index < -0.39 is 10.8 Å². The third kappa shape index (κ3) is 4.67. The minimum Gasteiger partial charge on any atom is -0.494 e. The minimum atomic E-state index is -1.05.